The molecule has 4 rings (SSSR count). The molecule has 3 aromatic rings. The van der Waals surface area contributed by atoms with Gasteiger partial charge in [-0.3, -0.25) is 4.68 Å². The molecule has 1 atom stereocenters. The van der Waals surface area contributed by atoms with Gasteiger partial charge in [-0.25, -0.2) is 9.97 Å². The van der Waals surface area contributed by atoms with Crippen LogP contribution in [0.15, 0.2) is 24.4 Å². The zero-order valence-electron chi connectivity index (χ0n) is 15.7. The van der Waals surface area contributed by atoms with Crippen LogP contribution in [0, 0.1) is 6.92 Å². The van der Waals surface area contributed by atoms with Crippen LogP contribution in [0.4, 0.5) is 5.82 Å². The van der Waals surface area contributed by atoms with E-state index >= 15 is 0 Å². The first-order valence-corrected chi connectivity index (χ1v) is 8.66. The number of benzene rings is 1. The van der Waals surface area contributed by atoms with Gasteiger partial charge in [0.25, 0.3) is 0 Å². The fourth-order valence-corrected chi connectivity index (χ4v) is 3.49. The molecule has 3 heterocycles. The van der Waals surface area contributed by atoms with Gasteiger partial charge in [-0.05, 0) is 39.0 Å². The molecule has 0 saturated carbocycles. The molecule has 0 radical (unpaired) electrons. The molecular weight excluding hydrogens is 330 g/mol. The Morgan fingerprint density at radius 1 is 1.31 bits per heavy atom. The molecule has 0 unspecified atom stereocenters. The summed E-state index contributed by atoms with van der Waals surface area (Å²) in [5.41, 5.74) is 1.60. The van der Waals surface area contributed by atoms with Crippen molar-refractivity contribution in [2.75, 3.05) is 12.4 Å². The zero-order valence-corrected chi connectivity index (χ0v) is 15.7. The van der Waals surface area contributed by atoms with Gasteiger partial charge in [-0.1, -0.05) is 0 Å². The van der Waals surface area contributed by atoms with Crippen LogP contribution >= 0.6 is 0 Å². The van der Waals surface area contributed by atoms with Crippen LogP contribution in [0.25, 0.3) is 11.0 Å². The highest BCUT2D eigenvalue weighted by Gasteiger charge is 2.34. The van der Waals surface area contributed by atoms with E-state index in [2.05, 4.69) is 34.2 Å². The number of aromatic nitrogens is 4. The molecule has 0 saturated heterocycles. The minimum Gasteiger partial charge on any atom is -0.497 e. The third-order valence-electron chi connectivity index (χ3n) is 4.69. The largest absolute Gasteiger partial charge is 0.497 e. The van der Waals surface area contributed by atoms with E-state index in [1.165, 1.54) is 0 Å². The standard InChI is InChI=1S/C19H23N5O2/c1-11-21-17(14-10-20-24(4)18(14)22-11)23-15-9-19(2,3)26-16-7-6-12(25-5)8-13(15)16/h6-8,10,15H,9H2,1-5H3,(H,21,22,23)/t15-/m1/s1. The molecule has 1 N–H and O–H groups in total. The average molecular weight is 353 g/mol. The Kier molecular flexibility index (Phi) is 3.75. The molecule has 0 aliphatic carbocycles. The Balaban J connectivity index is 1.79. The molecule has 0 fully saturated rings. The molecule has 7 heteroatoms. The van der Waals surface area contributed by atoms with Gasteiger partial charge in [-0.2, -0.15) is 5.10 Å². The van der Waals surface area contributed by atoms with Crippen LogP contribution in [0.1, 0.15) is 37.7 Å². The second-order valence-corrected chi connectivity index (χ2v) is 7.29. The number of aryl methyl sites for hydroxylation is 2. The van der Waals surface area contributed by atoms with Gasteiger partial charge in [0.15, 0.2) is 5.65 Å². The van der Waals surface area contributed by atoms with E-state index in [1.807, 2.05) is 32.2 Å². The minimum absolute atomic E-state index is 0.0431. The van der Waals surface area contributed by atoms with Gasteiger partial charge in [0, 0.05) is 19.0 Å². The van der Waals surface area contributed by atoms with E-state index in [0.717, 1.165) is 40.3 Å². The lowest BCUT2D eigenvalue weighted by atomic mass is 9.89. The molecule has 0 amide bonds. The molecule has 1 aliphatic rings. The number of nitrogens with one attached hydrogen (secondary N) is 1. The molecule has 0 bridgehead atoms. The SMILES string of the molecule is COc1ccc2c(c1)[C@H](Nc1nc(C)nc3c1cnn3C)CC(C)(C)O2. The van der Waals surface area contributed by atoms with Crippen molar-refractivity contribution in [3.63, 3.8) is 0 Å². The first-order valence-electron chi connectivity index (χ1n) is 8.66. The van der Waals surface area contributed by atoms with Crippen LogP contribution in [-0.2, 0) is 7.05 Å². The second kappa shape index (κ2) is 5.86. The Morgan fingerprint density at radius 2 is 2.12 bits per heavy atom. The van der Waals surface area contributed by atoms with Gasteiger partial charge < -0.3 is 14.8 Å². The number of nitrogens with zero attached hydrogens (tertiary/aromatic N) is 4. The van der Waals surface area contributed by atoms with Crippen LogP contribution < -0.4 is 14.8 Å². The van der Waals surface area contributed by atoms with Crippen LogP contribution in [0.3, 0.4) is 0 Å². The fourth-order valence-electron chi connectivity index (χ4n) is 3.49. The van der Waals surface area contributed by atoms with E-state index in [0.29, 0.717) is 5.82 Å². The normalized spacial score (nSPS) is 18.3. The monoisotopic (exact) mass is 353 g/mol. The van der Waals surface area contributed by atoms with Crippen molar-refractivity contribution >= 4 is 16.9 Å². The lowest BCUT2D eigenvalue weighted by Gasteiger charge is -2.38. The fraction of sp³-hybridized carbons (Fsp3) is 0.421. The molecule has 1 aromatic carbocycles. The van der Waals surface area contributed by atoms with Gasteiger partial charge in [0.05, 0.1) is 24.7 Å². The summed E-state index contributed by atoms with van der Waals surface area (Å²) in [6, 6.07) is 5.96. The molecule has 1 aliphatic heterocycles. The number of anilines is 1. The summed E-state index contributed by atoms with van der Waals surface area (Å²) >= 11 is 0. The predicted octanol–water partition coefficient (Wildman–Crippen LogP) is 3.39. The van der Waals surface area contributed by atoms with E-state index in [-0.39, 0.29) is 11.6 Å². The number of hydrogen-bond acceptors (Lipinski definition) is 6. The summed E-state index contributed by atoms with van der Waals surface area (Å²) in [6.45, 7) is 6.09. The van der Waals surface area contributed by atoms with Crippen molar-refractivity contribution in [2.45, 2.75) is 38.8 Å². The molecule has 0 spiro atoms. The van der Waals surface area contributed by atoms with Crippen molar-refractivity contribution < 1.29 is 9.47 Å². The van der Waals surface area contributed by atoms with Crippen LogP contribution in [0.5, 0.6) is 11.5 Å². The summed E-state index contributed by atoms with van der Waals surface area (Å²) in [5.74, 6) is 3.18. The zero-order chi connectivity index (χ0) is 18.5. The third-order valence-corrected chi connectivity index (χ3v) is 4.69. The molecular formula is C19H23N5O2. The maximum absolute atomic E-state index is 6.16. The van der Waals surface area contributed by atoms with Crippen molar-refractivity contribution in [2.24, 2.45) is 7.05 Å². The molecule has 136 valence electrons. The molecule has 2 aromatic heterocycles. The maximum Gasteiger partial charge on any atom is 0.163 e. The van der Waals surface area contributed by atoms with Crippen molar-refractivity contribution in [1.82, 2.24) is 19.7 Å². The first kappa shape index (κ1) is 16.6. The van der Waals surface area contributed by atoms with E-state index in [9.17, 15) is 0 Å². The van der Waals surface area contributed by atoms with Gasteiger partial charge in [-0.15, -0.1) is 0 Å². The average Bonchev–Trinajstić information content (AvgIpc) is 2.95. The summed E-state index contributed by atoms with van der Waals surface area (Å²) < 4.78 is 13.3. The summed E-state index contributed by atoms with van der Waals surface area (Å²) in [7, 11) is 3.56. The molecule has 26 heavy (non-hydrogen) atoms. The topological polar surface area (TPSA) is 74.1 Å². The smallest absolute Gasteiger partial charge is 0.163 e. The highest BCUT2D eigenvalue weighted by Crippen LogP contribution is 2.43. The van der Waals surface area contributed by atoms with Gasteiger partial charge in [0.2, 0.25) is 0 Å². The van der Waals surface area contributed by atoms with E-state index in [4.69, 9.17) is 9.47 Å². The number of hydrogen-bond donors (Lipinski definition) is 1. The number of methoxy groups -OCH3 is 1. The number of ether oxygens (including phenoxy) is 2. The molecule has 7 nitrogen and oxygen atoms in total. The Morgan fingerprint density at radius 3 is 2.88 bits per heavy atom. The maximum atomic E-state index is 6.16. The Hall–Kier alpha value is -2.83. The van der Waals surface area contributed by atoms with Crippen molar-refractivity contribution in [3.8, 4) is 11.5 Å². The van der Waals surface area contributed by atoms with Crippen LogP contribution in [-0.4, -0.2) is 32.5 Å². The first-order chi connectivity index (χ1) is 12.4. The van der Waals surface area contributed by atoms with E-state index in [1.54, 1.807) is 18.0 Å². The lowest BCUT2D eigenvalue weighted by molar-refractivity contribution is 0.0757. The highest BCUT2D eigenvalue weighted by molar-refractivity contribution is 5.86. The Bertz CT molecular complexity index is 979. The van der Waals surface area contributed by atoms with Crippen LogP contribution in [0.2, 0.25) is 0 Å². The third kappa shape index (κ3) is 2.83. The highest BCUT2D eigenvalue weighted by atomic mass is 16.5. The summed E-state index contributed by atoms with van der Waals surface area (Å²) in [5, 5.41) is 8.83. The van der Waals surface area contributed by atoms with Crippen molar-refractivity contribution in [3.05, 3.63) is 35.8 Å². The van der Waals surface area contributed by atoms with Gasteiger partial charge >= 0.3 is 0 Å². The van der Waals surface area contributed by atoms with Gasteiger partial charge in [0.1, 0.15) is 28.7 Å². The number of fused-ring (bicyclic) bond motifs is 2. The quantitative estimate of drug-likeness (QED) is 0.778. The lowest BCUT2D eigenvalue weighted by Crippen LogP contribution is -2.37. The summed E-state index contributed by atoms with van der Waals surface area (Å²) in [4.78, 5) is 9.12. The minimum atomic E-state index is -0.282. The summed E-state index contributed by atoms with van der Waals surface area (Å²) in [6.07, 6.45) is 2.60. The number of rotatable bonds is 3. The Labute approximate surface area is 152 Å². The second-order valence-electron chi connectivity index (χ2n) is 7.29. The van der Waals surface area contributed by atoms with E-state index < -0.39 is 0 Å². The van der Waals surface area contributed by atoms with Crippen molar-refractivity contribution in [1.29, 1.82) is 0 Å². The predicted molar refractivity (Wildman–Crippen MR) is 99.7 cm³/mol.